The lowest BCUT2D eigenvalue weighted by Gasteiger charge is -2.19. The second-order valence-corrected chi connectivity index (χ2v) is 7.92. The summed E-state index contributed by atoms with van der Waals surface area (Å²) in [5.74, 6) is 0.805. The molecule has 0 saturated carbocycles. The molecule has 0 spiro atoms. The van der Waals surface area contributed by atoms with Gasteiger partial charge in [0.15, 0.2) is 0 Å². The zero-order chi connectivity index (χ0) is 20.5. The molecule has 1 aromatic heterocycles. The number of rotatable bonds is 5. The third kappa shape index (κ3) is 3.46. The van der Waals surface area contributed by atoms with Crippen LogP contribution in [0.3, 0.4) is 0 Å². The number of carbonyl (C=O) groups is 1. The van der Waals surface area contributed by atoms with Gasteiger partial charge in [0.2, 0.25) is 5.91 Å². The summed E-state index contributed by atoms with van der Waals surface area (Å²) in [6, 6.07) is 22.7. The largest absolute Gasteiger partial charge is 0.368 e. The summed E-state index contributed by atoms with van der Waals surface area (Å²) in [7, 11) is 0. The zero-order valence-electron chi connectivity index (χ0n) is 17.0. The number of benzene rings is 3. The third-order valence-corrected chi connectivity index (χ3v) is 5.86. The molecule has 5 nitrogen and oxygen atoms in total. The molecule has 2 atom stereocenters. The summed E-state index contributed by atoms with van der Waals surface area (Å²) in [6.07, 6.45) is 1.38. The number of fused-ring (bicyclic) bond motifs is 2. The van der Waals surface area contributed by atoms with Gasteiger partial charge in [0.25, 0.3) is 0 Å². The quantitative estimate of drug-likeness (QED) is 0.534. The molecule has 152 valence electrons. The molecule has 0 aliphatic carbocycles. The van der Waals surface area contributed by atoms with Gasteiger partial charge >= 0.3 is 0 Å². The van der Waals surface area contributed by atoms with Crippen LogP contribution in [-0.2, 0) is 16.1 Å². The third-order valence-electron chi connectivity index (χ3n) is 5.86. The first-order valence-electron chi connectivity index (χ1n) is 10.5. The smallest absolute Gasteiger partial charge is 0.249 e. The lowest BCUT2D eigenvalue weighted by atomic mass is 10.0. The van der Waals surface area contributed by atoms with Gasteiger partial charge in [-0.2, -0.15) is 0 Å². The van der Waals surface area contributed by atoms with Crippen LogP contribution < -0.4 is 5.32 Å². The van der Waals surface area contributed by atoms with E-state index in [1.807, 2.05) is 25.1 Å². The van der Waals surface area contributed by atoms with E-state index in [9.17, 15) is 4.79 Å². The van der Waals surface area contributed by atoms with Crippen LogP contribution in [0.5, 0.6) is 0 Å². The van der Waals surface area contributed by atoms with Crippen molar-refractivity contribution in [3.05, 3.63) is 78.1 Å². The molecule has 0 bridgehead atoms. The van der Waals surface area contributed by atoms with Crippen LogP contribution in [0, 0.1) is 0 Å². The molecule has 1 aliphatic rings. The van der Waals surface area contributed by atoms with Crippen molar-refractivity contribution in [2.24, 2.45) is 0 Å². The normalized spacial score (nSPS) is 17.4. The van der Waals surface area contributed by atoms with Crippen LogP contribution >= 0.6 is 0 Å². The Hall–Kier alpha value is -3.18. The van der Waals surface area contributed by atoms with E-state index in [4.69, 9.17) is 9.72 Å². The van der Waals surface area contributed by atoms with Crippen molar-refractivity contribution in [1.82, 2.24) is 14.9 Å². The maximum absolute atomic E-state index is 12.6. The fourth-order valence-electron chi connectivity index (χ4n) is 4.35. The molecule has 1 aliphatic heterocycles. The van der Waals surface area contributed by atoms with Crippen molar-refractivity contribution >= 4 is 27.7 Å². The molecule has 1 amide bonds. The molecule has 5 rings (SSSR count). The van der Waals surface area contributed by atoms with E-state index in [-0.39, 0.29) is 18.1 Å². The Morgan fingerprint density at radius 2 is 1.93 bits per heavy atom. The van der Waals surface area contributed by atoms with Crippen LogP contribution in [-0.4, -0.2) is 28.2 Å². The summed E-state index contributed by atoms with van der Waals surface area (Å²) >= 11 is 0. The highest BCUT2D eigenvalue weighted by molar-refractivity contribution is 5.86. The highest BCUT2D eigenvalue weighted by atomic mass is 16.5. The first-order chi connectivity index (χ1) is 14.7. The van der Waals surface area contributed by atoms with E-state index < -0.39 is 0 Å². The van der Waals surface area contributed by atoms with Crippen molar-refractivity contribution in [1.29, 1.82) is 0 Å². The number of carbonyl (C=O) groups excluding carboxylic acids is 1. The van der Waals surface area contributed by atoms with E-state index in [1.54, 1.807) is 0 Å². The number of hydrogen-bond donors (Lipinski definition) is 1. The van der Waals surface area contributed by atoms with Crippen molar-refractivity contribution in [2.45, 2.75) is 38.5 Å². The summed E-state index contributed by atoms with van der Waals surface area (Å²) in [6.45, 7) is 3.34. The Morgan fingerprint density at radius 3 is 2.80 bits per heavy atom. The molecule has 3 aromatic carbocycles. The molecular weight excluding hydrogens is 374 g/mol. The van der Waals surface area contributed by atoms with E-state index in [0.717, 1.165) is 29.7 Å². The highest BCUT2D eigenvalue weighted by Gasteiger charge is 2.26. The monoisotopic (exact) mass is 399 g/mol. The molecular formula is C25H25N3O2. The maximum atomic E-state index is 12.6. The predicted molar refractivity (Wildman–Crippen MR) is 118 cm³/mol. The fourth-order valence-corrected chi connectivity index (χ4v) is 4.35. The molecule has 1 fully saturated rings. The topological polar surface area (TPSA) is 56.1 Å². The van der Waals surface area contributed by atoms with Gasteiger partial charge in [-0.25, -0.2) is 4.98 Å². The van der Waals surface area contributed by atoms with E-state index in [1.165, 1.54) is 16.3 Å². The van der Waals surface area contributed by atoms with Gasteiger partial charge in [-0.3, -0.25) is 4.79 Å². The molecule has 30 heavy (non-hydrogen) atoms. The second kappa shape index (κ2) is 7.92. The number of nitrogens with zero attached hydrogens (tertiary/aromatic N) is 2. The number of para-hydroxylation sites is 2. The molecule has 4 aromatic rings. The molecule has 1 saturated heterocycles. The Morgan fingerprint density at radius 1 is 1.13 bits per heavy atom. The summed E-state index contributed by atoms with van der Waals surface area (Å²) in [5, 5.41) is 5.57. The summed E-state index contributed by atoms with van der Waals surface area (Å²) in [4.78, 5) is 17.5. The number of aromatic nitrogens is 2. The Bertz CT molecular complexity index is 1200. The summed E-state index contributed by atoms with van der Waals surface area (Å²) in [5.41, 5.74) is 3.24. The minimum atomic E-state index is -0.344. The predicted octanol–water partition coefficient (Wildman–Crippen LogP) is 4.59. The van der Waals surface area contributed by atoms with Gasteiger partial charge in [-0.05, 0) is 48.2 Å². The number of amides is 1. The second-order valence-electron chi connectivity index (χ2n) is 7.92. The van der Waals surface area contributed by atoms with Crippen LogP contribution in [0.15, 0.2) is 66.7 Å². The lowest BCUT2D eigenvalue weighted by molar-refractivity contribution is -0.130. The molecule has 5 heteroatoms. The maximum Gasteiger partial charge on any atom is 0.249 e. The minimum Gasteiger partial charge on any atom is -0.368 e. The van der Waals surface area contributed by atoms with Gasteiger partial charge in [0.1, 0.15) is 11.9 Å². The minimum absolute atomic E-state index is 0.0521. The van der Waals surface area contributed by atoms with Crippen molar-refractivity contribution < 1.29 is 9.53 Å². The average molecular weight is 399 g/mol. The fraction of sp³-hybridized carbons (Fsp3) is 0.280. The zero-order valence-corrected chi connectivity index (χ0v) is 17.0. The van der Waals surface area contributed by atoms with E-state index in [0.29, 0.717) is 13.2 Å². The highest BCUT2D eigenvalue weighted by Crippen LogP contribution is 2.26. The summed E-state index contributed by atoms with van der Waals surface area (Å²) < 4.78 is 7.77. The van der Waals surface area contributed by atoms with Crippen LogP contribution in [0.4, 0.5) is 0 Å². The molecule has 0 radical (unpaired) electrons. The first kappa shape index (κ1) is 18.8. The molecule has 2 unspecified atom stereocenters. The van der Waals surface area contributed by atoms with Gasteiger partial charge in [0.05, 0.1) is 23.6 Å². The van der Waals surface area contributed by atoms with Crippen LogP contribution in [0.25, 0.3) is 21.8 Å². The molecule has 2 heterocycles. The Kier molecular flexibility index (Phi) is 4.97. The SMILES string of the molecule is CC(NC(=O)C1CCCO1)c1nc2ccccc2n1Cc1cccc2ccccc12. The number of imidazole rings is 1. The standard InChI is InChI=1S/C25H25N3O2/c1-17(26-25(29)23-14-7-15-30-23)24-27-21-12-4-5-13-22(21)28(24)16-19-10-6-9-18-8-2-3-11-20(18)19/h2-6,8-13,17,23H,7,14-16H2,1H3,(H,26,29). The van der Waals surface area contributed by atoms with Gasteiger partial charge in [-0.15, -0.1) is 0 Å². The van der Waals surface area contributed by atoms with Gasteiger partial charge in [-0.1, -0.05) is 54.6 Å². The van der Waals surface area contributed by atoms with E-state index in [2.05, 4.69) is 58.4 Å². The Labute approximate surface area is 175 Å². The Balaban J connectivity index is 1.53. The van der Waals surface area contributed by atoms with Crippen LogP contribution in [0.2, 0.25) is 0 Å². The average Bonchev–Trinajstić information content (AvgIpc) is 3.43. The first-order valence-corrected chi connectivity index (χ1v) is 10.5. The van der Waals surface area contributed by atoms with Crippen molar-refractivity contribution in [3.63, 3.8) is 0 Å². The van der Waals surface area contributed by atoms with Crippen molar-refractivity contribution in [3.8, 4) is 0 Å². The number of hydrogen-bond acceptors (Lipinski definition) is 3. The van der Waals surface area contributed by atoms with Crippen LogP contribution in [0.1, 0.15) is 37.2 Å². The van der Waals surface area contributed by atoms with Crippen molar-refractivity contribution in [2.75, 3.05) is 6.61 Å². The van der Waals surface area contributed by atoms with Gasteiger partial charge < -0.3 is 14.6 Å². The van der Waals surface area contributed by atoms with Gasteiger partial charge in [0, 0.05) is 6.61 Å². The molecule has 1 N–H and O–H groups in total. The number of ether oxygens (including phenoxy) is 1. The van der Waals surface area contributed by atoms with E-state index >= 15 is 0 Å². The number of nitrogens with one attached hydrogen (secondary N) is 1. The lowest BCUT2D eigenvalue weighted by Crippen LogP contribution is -2.36.